The van der Waals surface area contributed by atoms with Gasteiger partial charge >= 0.3 is 0 Å². The van der Waals surface area contributed by atoms with Crippen molar-refractivity contribution in [2.75, 3.05) is 6.54 Å². The summed E-state index contributed by atoms with van der Waals surface area (Å²) >= 11 is 0. The molecule has 0 saturated heterocycles. The van der Waals surface area contributed by atoms with E-state index < -0.39 is 0 Å². The Morgan fingerprint density at radius 3 is 2.37 bits per heavy atom. The molecule has 2 rings (SSSR count). The molecule has 0 fully saturated rings. The number of furan rings is 1. The fourth-order valence-corrected chi connectivity index (χ4v) is 2.25. The van der Waals surface area contributed by atoms with Gasteiger partial charge in [0.25, 0.3) is 0 Å². The van der Waals surface area contributed by atoms with Crippen molar-refractivity contribution in [2.45, 2.75) is 39.7 Å². The average Bonchev–Trinajstić information content (AvgIpc) is 2.89. The van der Waals surface area contributed by atoms with Crippen molar-refractivity contribution in [3.8, 4) is 0 Å². The lowest BCUT2D eigenvalue weighted by atomic mass is 10.0. The van der Waals surface area contributed by atoms with Crippen LogP contribution in [0.4, 0.5) is 0 Å². The van der Waals surface area contributed by atoms with E-state index in [-0.39, 0.29) is 6.04 Å². The number of likely N-dealkylation sites (N-methyl/N-ethyl adjacent to an activating group) is 1. The van der Waals surface area contributed by atoms with Gasteiger partial charge in [-0.15, -0.1) is 0 Å². The molecule has 0 aliphatic heterocycles. The minimum Gasteiger partial charge on any atom is -0.464 e. The number of nitrogens with one attached hydrogen (secondary N) is 1. The summed E-state index contributed by atoms with van der Waals surface area (Å²) in [5.74, 6) is 2.10. The summed E-state index contributed by atoms with van der Waals surface area (Å²) < 4.78 is 5.88. The summed E-state index contributed by atoms with van der Waals surface area (Å²) in [6.45, 7) is 7.31. The lowest BCUT2D eigenvalue weighted by Crippen LogP contribution is -2.22. The zero-order valence-corrected chi connectivity index (χ0v) is 12.1. The van der Waals surface area contributed by atoms with Gasteiger partial charge in [0.2, 0.25) is 0 Å². The third kappa shape index (κ3) is 3.71. The highest BCUT2D eigenvalue weighted by Gasteiger charge is 2.15. The third-order valence-electron chi connectivity index (χ3n) is 3.39. The Morgan fingerprint density at radius 2 is 1.79 bits per heavy atom. The van der Waals surface area contributed by atoms with E-state index >= 15 is 0 Å². The van der Waals surface area contributed by atoms with Gasteiger partial charge in [-0.3, -0.25) is 0 Å². The maximum absolute atomic E-state index is 5.88. The predicted molar refractivity (Wildman–Crippen MR) is 79.4 cm³/mol. The quantitative estimate of drug-likeness (QED) is 0.844. The molecule has 0 aliphatic rings. The van der Waals surface area contributed by atoms with E-state index in [1.165, 1.54) is 11.1 Å². The highest BCUT2D eigenvalue weighted by Crippen LogP contribution is 2.21. The Bertz CT molecular complexity index is 498. The summed E-state index contributed by atoms with van der Waals surface area (Å²) in [6, 6.07) is 13.2. The van der Waals surface area contributed by atoms with E-state index in [0.29, 0.717) is 0 Å². The van der Waals surface area contributed by atoms with Crippen LogP contribution in [-0.2, 0) is 12.8 Å². The first kappa shape index (κ1) is 13.9. The van der Waals surface area contributed by atoms with Crippen molar-refractivity contribution in [3.63, 3.8) is 0 Å². The summed E-state index contributed by atoms with van der Waals surface area (Å²) in [6.07, 6.45) is 1.91. The molecule has 1 unspecified atom stereocenters. The third-order valence-corrected chi connectivity index (χ3v) is 3.39. The zero-order chi connectivity index (χ0) is 13.7. The number of aryl methyl sites for hydroxylation is 2. The van der Waals surface area contributed by atoms with E-state index in [1.54, 1.807) is 0 Å². The molecule has 2 nitrogen and oxygen atoms in total. The standard InChI is InChI=1S/C17H23NO/c1-4-15-10-11-17(19-15)16(18-5-2)12-14-8-6-13(3)7-9-14/h6-11,16,18H,4-5,12H2,1-3H3. The second kappa shape index (κ2) is 6.58. The van der Waals surface area contributed by atoms with Crippen molar-refractivity contribution in [1.82, 2.24) is 5.32 Å². The first-order chi connectivity index (χ1) is 9.22. The molecule has 1 atom stereocenters. The van der Waals surface area contributed by atoms with Crippen molar-refractivity contribution in [3.05, 3.63) is 59.0 Å². The molecule has 0 amide bonds. The lowest BCUT2D eigenvalue weighted by molar-refractivity contribution is 0.397. The van der Waals surface area contributed by atoms with Crippen LogP contribution in [0.2, 0.25) is 0 Å². The minimum atomic E-state index is 0.257. The topological polar surface area (TPSA) is 25.2 Å². The Morgan fingerprint density at radius 1 is 1.05 bits per heavy atom. The largest absolute Gasteiger partial charge is 0.464 e. The Labute approximate surface area is 115 Å². The molecule has 0 saturated carbocycles. The molecule has 102 valence electrons. The molecule has 0 aliphatic carbocycles. The van der Waals surface area contributed by atoms with Gasteiger partial charge in [-0.05, 0) is 37.6 Å². The fourth-order valence-electron chi connectivity index (χ4n) is 2.25. The SMILES string of the molecule is CCNC(Cc1ccc(C)cc1)c1ccc(CC)o1. The fraction of sp³-hybridized carbons (Fsp3) is 0.412. The highest BCUT2D eigenvalue weighted by molar-refractivity contribution is 5.23. The molecule has 19 heavy (non-hydrogen) atoms. The molecule has 2 aromatic rings. The molecule has 1 N–H and O–H groups in total. The Hall–Kier alpha value is -1.54. The van der Waals surface area contributed by atoms with Gasteiger partial charge in [-0.1, -0.05) is 43.7 Å². The Balaban J connectivity index is 2.13. The van der Waals surface area contributed by atoms with Crippen LogP contribution < -0.4 is 5.32 Å². The van der Waals surface area contributed by atoms with E-state index in [0.717, 1.165) is 30.9 Å². The molecular formula is C17H23NO. The average molecular weight is 257 g/mol. The van der Waals surface area contributed by atoms with Crippen molar-refractivity contribution >= 4 is 0 Å². The summed E-state index contributed by atoms with van der Waals surface area (Å²) in [5.41, 5.74) is 2.64. The van der Waals surface area contributed by atoms with Crippen LogP contribution in [0, 0.1) is 6.92 Å². The van der Waals surface area contributed by atoms with Gasteiger partial charge < -0.3 is 9.73 Å². The van der Waals surface area contributed by atoms with Gasteiger partial charge in [0.05, 0.1) is 6.04 Å². The number of hydrogen-bond acceptors (Lipinski definition) is 2. The maximum Gasteiger partial charge on any atom is 0.121 e. The predicted octanol–water partition coefficient (Wildman–Crippen LogP) is 4.04. The van der Waals surface area contributed by atoms with Gasteiger partial charge in [-0.25, -0.2) is 0 Å². The van der Waals surface area contributed by atoms with Crippen molar-refractivity contribution in [1.29, 1.82) is 0 Å². The number of hydrogen-bond donors (Lipinski definition) is 1. The number of rotatable bonds is 6. The molecular weight excluding hydrogens is 234 g/mol. The normalized spacial score (nSPS) is 12.6. The number of benzene rings is 1. The maximum atomic E-state index is 5.88. The lowest BCUT2D eigenvalue weighted by Gasteiger charge is -2.15. The summed E-state index contributed by atoms with van der Waals surface area (Å²) in [7, 11) is 0. The summed E-state index contributed by atoms with van der Waals surface area (Å²) in [5, 5.41) is 3.51. The molecule has 1 heterocycles. The monoisotopic (exact) mass is 257 g/mol. The van der Waals surface area contributed by atoms with Crippen LogP contribution in [0.5, 0.6) is 0 Å². The van der Waals surface area contributed by atoms with Gasteiger partial charge in [0.15, 0.2) is 0 Å². The molecule has 1 aromatic carbocycles. The van der Waals surface area contributed by atoms with Crippen LogP contribution in [0.3, 0.4) is 0 Å². The van der Waals surface area contributed by atoms with Crippen LogP contribution in [0.1, 0.15) is 42.5 Å². The second-order valence-electron chi connectivity index (χ2n) is 4.96. The van der Waals surface area contributed by atoms with E-state index in [9.17, 15) is 0 Å². The van der Waals surface area contributed by atoms with Crippen LogP contribution >= 0.6 is 0 Å². The van der Waals surface area contributed by atoms with E-state index in [4.69, 9.17) is 4.42 Å². The zero-order valence-electron chi connectivity index (χ0n) is 12.1. The van der Waals surface area contributed by atoms with Crippen LogP contribution in [0.25, 0.3) is 0 Å². The van der Waals surface area contributed by atoms with Crippen molar-refractivity contribution < 1.29 is 4.42 Å². The molecule has 2 heteroatoms. The first-order valence-electron chi connectivity index (χ1n) is 7.10. The smallest absolute Gasteiger partial charge is 0.121 e. The van der Waals surface area contributed by atoms with Gasteiger partial charge in [0, 0.05) is 6.42 Å². The van der Waals surface area contributed by atoms with E-state index in [1.807, 2.05) is 0 Å². The molecule has 0 spiro atoms. The molecule has 0 bridgehead atoms. The first-order valence-corrected chi connectivity index (χ1v) is 7.10. The highest BCUT2D eigenvalue weighted by atomic mass is 16.3. The van der Waals surface area contributed by atoms with Crippen molar-refractivity contribution in [2.24, 2.45) is 0 Å². The second-order valence-corrected chi connectivity index (χ2v) is 4.96. The van der Waals surface area contributed by atoms with Crippen LogP contribution in [-0.4, -0.2) is 6.54 Å². The van der Waals surface area contributed by atoms with Gasteiger partial charge in [-0.2, -0.15) is 0 Å². The van der Waals surface area contributed by atoms with E-state index in [2.05, 4.69) is 62.5 Å². The van der Waals surface area contributed by atoms with Gasteiger partial charge in [0.1, 0.15) is 11.5 Å². The molecule has 0 radical (unpaired) electrons. The summed E-state index contributed by atoms with van der Waals surface area (Å²) in [4.78, 5) is 0. The minimum absolute atomic E-state index is 0.257. The molecule has 1 aromatic heterocycles. The Kier molecular flexibility index (Phi) is 4.80. The van der Waals surface area contributed by atoms with Crippen LogP contribution in [0.15, 0.2) is 40.8 Å².